The minimum atomic E-state index is -3.13. The molecule has 0 spiro atoms. The molecule has 1 rings (SSSR count). The van der Waals surface area contributed by atoms with Gasteiger partial charge in [0.25, 0.3) is 0 Å². The molecule has 0 fully saturated rings. The van der Waals surface area contributed by atoms with E-state index in [2.05, 4.69) is 10.0 Å². The third-order valence-electron chi connectivity index (χ3n) is 2.48. The summed E-state index contributed by atoms with van der Waals surface area (Å²) in [6.07, 6.45) is 1.78. The van der Waals surface area contributed by atoms with Crippen LogP contribution in [-0.4, -0.2) is 33.5 Å². The number of nitrogens with one attached hydrogen (secondary N) is 2. The van der Waals surface area contributed by atoms with Crippen molar-refractivity contribution >= 4 is 27.2 Å². The second-order valence-electron chi connectivity index (χ2n) is 4.31. The van der Waals surface area contributed by atoms with Gasteiger partial charge >= 0.3 is 0 Å². The van der Waals surface area contributed by atoms with Crippen LogP contribution in [0.25, 0.3) is 0 Å². The number of carbonyl (C=O) groups excluding carboxylic acids is 1. The number of sulfonamides is 1. The fourth-order valence-electron chi connectivity index (χ4n) is 1.57. The van der Waals surface area contributed by atoms with Gasteiger partial charge in [-0.2, -0.15) is 0 Å². The summed E-state index contributed by atoms with van der Waals surface area (Å²) in [5.41, 5.74) is 7.51. The Bertz CT molecular complexity index is 555. The summed E-state index contributed by atoms with van der Waals surface area (Å²) in [6, 6.07) is 5.15. The maximum atomic E-state index is 11.2. The molecule has 0 radical (unpaired) electrons. The number of ketones is 1. The minimum absolute atomic E-state index is 0.0681. The van der Waals surface area contributed by atoms with Gasteiger partial charge in [0, 0.05) is 30.0 Å². The molecule has 7 heteroatoms. The summed E-state index contributed by atoms with van der Waals surface area (Å²) in [5, 5.41) is 3.11. The number of Topliss-reactive ketones (excluding diaryl/α,β-unsaturated/α-hetero) is 1. The van der Waals surface area contributed by atoms with Crippen LogP contribution in [0.15, 0.2) is 18.2 Å². The molecule has 19 heavy (non-hydrogen) atoms. The average molecular weight is 285 g/mol. The minimum Gasteiger partial charge on any atom is -0.398 e. The molecule has 4 N–H and O–H groups in total. The van der Waals surface area contributed by atoms with E-state index in [4.69, 9.17) is 5.73 Å². The Kier molecular flexibility index (Phi) is 5.31. The quantitative estimate of drug-likeness (QED) is 0.391. The third kappa shape index (κ3) is 5.71. The first-order chi connectivity index (χ1) is 8.79. The van der Waals surface area contributed by atoms with Gasteiger partial charge in [0.15, 0.2) is 5.78 Å². The van der Waals surface area contributed by atoms with E-state index in [-0.39, 0.29) is 5.78 Å². The molecule has 0 saturated heterocycles. The molecule has 0 aliphatic carbocycles. The van der Waals surface area contributed by atoms with Crippen LogP contribution in [0, 0.1) is 0 Å². The summed E-state index contributed by atoms with van der Waals surface area (Å²) < 4.78 is 24.1. The van der Waals surface area contributed by atoms with Crippen LogP contribution >= 0.6 is 0 Å². The van der Waals surface area contributed by atoms with Gasteiger partial charge in [-0.3, -0.25) is 4.79 Å². The number of hydrogen-bond donors (Lipinski definition) is 3. The van der Waals surface area contributed by atoms with Crippen LogP contribution in [-0.2, 0) is 10.0 Å². The van der Waals surface area contributed by atoms with E-state index in [0.717, 1.165) is 11.9 Å². The second kappa shape index (κ2) is 6.53. The highest BCUT2D eigenvalue weighted by atomic mass is 32.2. The lowest BCUT2D eigenvalue weighted by Crippen LogP contribution is -2.24. The van der Waals surface area contributed by atoms with Crippen molar-refractivity contribution in [3.63, 3.8) is 0 Å². The molecule has 106 valence electrons. The Morgan fingerprint density at radius 2 is 2.00 bits per heavy atom. The van der Waals surface area contributed by atoms with E-state index < -0.39 is 10.0 Å². The van der Waals surface area contributed by atoms with Gasteiger partial charge < -0.3 is 11.1 Å². The van der Waals surface area contributed by atoms with Crippen LogP contribution < -0.4 is 15.8 Å². The standard InChI is InChI=1S/C12H19N3O3S/c1-9(16)11-5-4-10(8-12(11)13)14-6-3-7-15-19(2,17)18/h4-5,8,14-15H,3,6-7,13H2,1-2H3. The number of anilines is 2. The molecule has 0 unspecified atom stereocenters. The zero-order valence-corrected chi connectivity index (χ0v) is 11.9. The Labute approximate surface area is 113 Å². The SMILES string of the molecule is CC(=O)c1ccc(NCCCNS(C)(=O)=O)cc1N. The zero-order chi connectivity index (χ0) is 14.5. The maximum Gasteiger partial charge on any atom is 0.208 e. The Balaban J connectivity index is 2.42. The van der Waals surface area contributed by atoms with E-state index in [1.165, 1.54) is 6.92 Å². The van der Waals surface area contributed by atoms with Gasteiger partial charge in [0.1, 0.15) is 0 Å². The van der Waals surface area contributed by atoms with Crippen LogP contribution in [0.3, 0.4) is 0 Å². The van der Waals surface area contributed by atoms with Crippen molar-refractivity contribution in [3.05, 3.63) is 23.8 Å². The number of carbonyl (C=O) groups is 1. The summed E-state index contributed by atoms with van der Waals surface area (Å²) in [5.74, 6) is -0.0681. The zero-order valence-electron chi connectivity index (χ0n) is 11.1. The smallest absolute Gasteiger partial charge is 0.208 e. The monoisotopic (exact) mass is 285 g/mol. The van der Waals surface area contributed by atoms with E-state index in [0.29, 0.717) is 30.8 Å². The molecule has 0 aliphatic heterocycles. The number of nitrogen functional groups attached to an aromatic ring is 1. The van der Waals surface area contributed by atoms with Crippen molar-refractivity contribution in [3.8, 4) is 0 Å². The number of nitrogens with two attached hydrogens (primary N) is 1. The lowest BCUT2D eigenvalue weighted by Gasteiger charge is -2.09. The van der Waals surface area contributed by atoms with Gasteiger partial charge in [-0.1, -0.05) is 0 Å². The maximum absolute atomic E-state index is 11.2. The molecule has 6 nitrogen and oxygen atoms in total. The lowest BCUT2D eigenvalue weighted by atomic mass is 10.1. The number of hydrogen-bond acceptors (Lipinski definition) is 5. The Hall–Kier alpha value is -1.60. The molecule has 1 aromatic carbocycles. The number of rotatable bonds is 7. The largest absolute Gasteiger partial charge is 0.398 e. The van der Waals surface area contributed by atoms with Gasteiger partial charge in [0.05, 0.1) is 6.26 Å². The van der Waals surface area contributed by atoms with Crippen molar-refractivity contribution in [1.82, 2.24) is 4.72 Å². The van der Waals surface area contributed by atoms with E-state index in [1.807, 2.05) is 0 Å². The summed E-state index contributed by atoms with van der Waals surface area (Å²) in [6.45, 7) is 2.46. The van der Waals surface area contributed by atoms with Crippen molar-refractivity contribution in [2.45, 2.75) is 13.3 Å². The van der Waals surface area contributed by atoms with Crippen LogP contribution in [0.1, 0.15) is 23.7 Å². The van der Waals surface area contributed by atoms with Crippen LogP contribution in [0.5, 0.6) is 0 Å². The highest BCUT2D eigenvalue weighted by Crippen LogP contribution is 2.18. The van der Waals surface area contributed by atoms with E-state index in [1.54, 1.807) is 18.2 Å². The summed E-state index contributed by atoms with van der Waals surface area (Å²) >= 11 is 0. The Morgan fingerprint density at radius 3 is 2.53 bits per heavy atom. The molecule has 0 amide bonds. The third-order valence-corrected chi connectivity index (χ3v) is 3.21. The Morgan fingerprint density at radius 1 is 1.32 bits per heavy atom. The fourth-order valence-corrected chi connectivity index (χ4v) is 2.09. The van der Waals surface area contributed by atoms with Crippen molar-refractivity contribution in [1.29, 1.82) is 0 Å². The molecule has 1 aromatic rings. The molecule has 0 saturated carbocycles. The van der Waals surface area contributed by atoms with Crippen LogP contribution in [0.4, 0.5) is 11.4 Å². The van der Waals surface area contributed by atoms with E-state index >= 15 is 0 Å². The molecule has 0 atom stereocenters. The highest BCUT2D eigenvalue weighted by Gasteiger charge is 2.05. The molecule has 0 aliphatic rings. The van der Waals surface area contributed by atoms with Crippen molar-refractivity contribution < 1.29 is 13.2 Å². The molecule has 0 heterocycles. The van der Waals surface area contributed by atoms with Gasteiger partial charge in [-0.15, -0.1) is 0 Å². The summed E-state index contributed by atoms with van der Waals surface area (Å²) in [7, 11) is -3.13. The molecular weight excluding hydrogens is 266 g/mol. The number of benzene rings is 1. The molecule has 0 bridgehead atoms. The van der Waals surface area contributed by atoms with Crippen molar-refractivity contribution in [2.24, 2.45) is 0 Å². The lowest BCUT2D eigenvalue weighted by molar-refractivity contribution is 0.101. The predicted molar refractivity (Wildman–Crippen MR) is 76.8 cm³/mol. The fraction of sp³-hybridized carbons (Fsp3) is 0.417. The average Bonchev–Trinajstić information content (AvgIpc) is 2.26. The highest BCUT2D eigenvalue weighted by molar-refractivity contribution is 7.88. The first-order valence-electron chi connectivity index (χ1n) is 5.88. The summed E-state index contributed by atoms with van der Waals surface area (Å²) in [4.78, 5) is 11.2. The second-order valence-corrected chi connectivity index (χ2v) is 6.14. The molecular formula is C12H19N3O3S. The predicted octanol–water partition coefficient (Wildman–Crippen LogP) is 0.823. The van der Waals surface area contributed by atoms with E-state index in [9.17, 15) is 13.2 Å². The van der Waals surface area contributed by atoms with Gasteiger partial charge in [-0.05, 0) is 31.5 Å². The van der Waals surface area contributed by atoms with Crippen molar-refractivity contribution in [2.75, 3.05) is 30.4 Å². The first kappa shape index (κ1) is 15.5. The first-order valence-corrected chi connectivity index (χ1v) is 7.78. The topological polar surface area (TPSA) is 101 Å². The normalized spacial score (nSPS) is 11.3. The van der Waals surface area contributed by atoms with Crippen LogP contribution in [0.2, 0.25) is 0 Å². The molecule has 0 aromatic heterocycles. The van der Waals surface area contributed by atoms with Gasteiger partial charge in [-0.25, -0.2) is 13.1 Å². The van der Waals surface area contributed by atoms with Gasteiger partial charge in [0.2, 0.25) is 10.0 Å².